The van der Waals surface area contributed by atoms with Crippen LogP contribution in [0.1, 0.15) is 23.4 Å². The van der Waals surface area contributed by atoms with Crippen LogP contribution in [0.15, 0.2) is 40.2 Å². The summed E-state index contributed by atoms with van der Waals surface area (Å²) in [5.74, 6) is 0.865. The molecule has 0 saturated carbocycles. The molecule has 2 N–H and O–H groups in total. The van der Waals surface area contributed by atoms with Crippen LogP contribution in [0.4, 0.5) is 0 Å². The zero-order valence-corrected chi connectivity index (χ0v) is 11.9. The second-order valence-electron chi connectivity index (χ2n) is 3.88. The number of hydrogen-bond acceptors (Lipinski definition) is 3. The van der Waals surface area contributed by atoms with Crippen molar-refractivity contribution < 1.29 is 4.74 Å². The lowest BCUT2D eigenvalue weighted by molar-refractivity contribution is 0.309. The molecule has 0 fully saturated rings. The van der Waals surface area contributed by atoms with Crippen LogP contribution >= 0.6 is 27.3 Å². The smallest absolute Gasteiger partial charge is 0.122 e. The highest BCUT2D eigenvalue weighted by Gasteiger charge is 2.02. The van der Waals surface area contributed by atoms with Gasteiger partial charge >= 0.3 is 0 Å². The monoisotopic (exact) mass is 311 g/mol. The van der Waals surface area contributed by atoms with Gasteiger partial charge in [-0.2, -0.15) is 0 Å². The average Bonchev–Trinajstić information content (AvgIpc) is 2.73. The van der Waals surface area contributed by atoms with Crippen LogP contribution in [-0.2, 0) is 6.61 Å². The first-order valence-electron chi connectivity index (χ1n) is 5.36. The number of hydrogen-bond donors (Lipinski definition) is 1. The summed E-state index contributed by atoms with van der Waals surface area (Å²) in [5.41, 5.74) is 6.93. The quantitative estimate of drug-likeness (QED) is 0.922. The van der Waals surface area contributed by atoms with Gasteiger partial charge in [0.05, 0.1) is 0 Å². The Morgan fingerprint density at radius 2 is 2.24 bits per heavy atom. The Kier molecular flexibility index (Phi) is 4.20. The van der Waals surface area contributed by atoms with E-state index in [4.69, 9.17) is 10.5 Å². The second-order valence-corrected chi connectivity index (χ2v) is 5.79. The highest BCUT2D eigenvalue weighted by Crippen LogP contribution is 2.23. The summed E-state index contributed by atoms with van der Waals surface area (Å²) >= 11 is 5.11. The van der Waals surface area contributed by atoms with Gasteiger partial charge < -0.3 is 10.5 Å². The fraction of sp³-hybridized carbons (Fsp3) is 0.231. The largest absolute Gasteiger partial charge is 0.488 e. The van der Waals surface area contributed by atoms with Gasteiger partial charge in [-0.1, -0.05) is 12.1 Å². The molecule has 0 aliphatic heterocycles. The van der Waals surface area contributed by atoms with E-state index in [9.17, 15) is 0 Å². The summed E-state index contributed by atoms with van der Waals surface area (Å²) in [6.45, 7) is 2.56. The molecule has 4 heteroatoms. The summed E-state index contributed by atoms with van der Waals surface area (Å²) in [5, 5.41) is 2.05. The van der Waals surface area contributed by atoms with E-state index in [0.717, 1.165) is 15.8 Å². The molecule has 2 aromatic rings. The van der Waals surface area contributed by atoms with Crippen molar-refractivity contribution in [2.75, 3.05) is 0 Å². The molecule has 1 atom stereocenters. The van der Waals surface area contributed by atoms with Gasteiger partial charge in [0, 0.05) is 20.8 Å². The maximum atomic E-state index is 5.83. The van der Waals surface area contributed by atoms with Crippen molar-refractivity contribution in [3.05, 3.63) is 50.6 Å². The molecule has 0 spiro atoms. The van der Waals surface area contributed by atoms with E-state index in [1.54, 1.807) is 11.3 Å². The van der Waals surface area contributed by atoms with Gasteiger partial charge in [0.1, 0.15) is 12.4 Å². The van der Waals surface area contributed by atoms with Gasteiger partial charge in [-0.25, -0.2) is 0 Å². The SMILES string of the molecule is C[C@@H](N)c1cccc(OCc2cc(Br)cs2)c1. The van der Waals surface area contributed by atoms with Crippen LogP contribution in [0.2, 0.25) is 0 Å². The molecule has 0 radical (unpaired) electrons. The van der Waals surface area contributed by atoms with E-state index in [1.807, 2.05) is 31.2 Å². The van der Waals surface area contributed by atoms with Crippen LogP contribution < -0.4 is 10.5 Å². The maximum Gasteiger partial charge on any atom is 0.122 e. The molecule has 0 bridgehead atoms. The van der Waals surface area contributed by atoms with Gasteiger partial charge in [-0.3, -0.25) is 0 Å². The van der Waals surface area contributed by atoms with Crippen LogP contribution in [0.3, 0.4) is 0 Å². The molecule has 0 amide bonds. The molecule has 0 aliphatic carbocycles. The highest BCUT2D eigenvalue weighted by molar-refractivity contribution is 9.10. The lowest BCUT2D eigenvalue weighted by Gasteiger charge is -2.09. The molecule has 17 heavy (non-hydrogen) atoms. The van der Waals surface area contributed by atoms with E-state index < -0.39 is 0 Å². The van der Waals surface area contributed by atoms with E-state index in [-0.39, 0.29) is 6.04 Å². The number of nitrogens with two attached hydrogens (primary N) is 1. The molecule has 1 heterocycles. The summed E-state index contributed by atoms with van der Waals surface area (Å²) in [4.78, 5) is 1.20. The third kappa shape index (κ3) is 3.56. The summed E-state index contributed by atoms with van der Waals surface area (Å²) in [7, 11) is 0. The van der Waals surface area contributed by atoms with Crippen LogP contribution in [0.5, 0.6) is 5.75 Å². The first-order valence-corrected chi connectivity index (χ1v) is 7.03. The van der Waals surface area contributed by atoms with Crippen molar-refractivity contribution in [3.63, 3.8) is 0 Å². The topological polar surface area (TPSA) is 35.2 Å². The summed E-state index contributed by atoms with van der Waals surface area (Å²) in [6, 6.07) is 10.0. The van der Waals surface area contributed by atoms with Crippen molar-refractivity contribution in [2.24, 2.45) is 5.73 Å². The molecular formula is C13H14BrNOS. The van der Waals surface area contributed by atoms with Crippen molar-refractivity contribution >= 4 is 27.3 Å². The van der Waals surface area contributed by atoms with E-state index in [1.165, 1.54) is 4.88 Å². The van der Waals surface area contributed by atoms with Gasteiger partial charge in [0.15, 0.2) is 0 Å². The lowest BCUT2D eigenvalue weighted by Crippen LogP contribution is -2.05. The minimum absolute atomic E-state index is 0.0365. The second kappa shape index (κ2) is 5.67. The van der Waals surface area contributed by atoms with Crippen molar-refractivity contribution in [3.8, 4) is 5.75 Å². The Morgan fingerprint density at radius 1 is 1.41 bits per heavy atom. The molecule has 2 rings (SSSR count). The average molecular weight is 312 g/mol. The first-order chi connectivity index (χ1) is 8.15. The minimum Gasteiger partial charge on any atom is -0.488 e. The fourth-order valence-electron chi connectivity index (χ4n) is 1.47. The number of halogens is 1. The van der Waals surface area contributed by atoms with Crippen LogP contribution in [0, 0.1) is 0 Å². The van der Waals surface area contributed by atoms with Crippen LogP contribution in [-0.4, -0.2) is 0 Å². The Hall–Kier alpha value is -0.840. The molecule has 1 aromatic carbocycles. The molecule has 0 unspecified atom stereocenters. The fourth-order valence-corrected chi connectivity index (χ4v) is 2.83. The summed E-state index contributed by atoms with van der Waals surface area (Å²) in [6.07, 6.45) is 0. The van der Waals surface area contributed by atoms with E-state index >= 15 is 0 Å². The third-order valence-corrected chi connectivity index (χ3v) is 4.06. The zero-order valence-electron chi connectivity index (χ0n) is 9.52. The van der Waals surface area contributed by atoms with Crippen molar-refractivity contribution in [1.82, 2.24) is 0 Å². The molecule has 90 valence electrons. The first kappa shape index (κ1) is 12.6. The predicted octanol–water partition coefficient (Wildman–Crippen LogP) is 4.11. The lowest BCUT2D eigenvalue weighted by atomic mass is 10.1. The van der Waals surface area contributed by atoms with E-state index in [0.29, 0.717) is 6.61 Å². The van der Waals surface area contributed by atoms with Gasteiger partial charge in [-0.15, -0.1) is 11.3 Å². The maximum absolute atomic E-state index is 5.83. The van der Waals surface area contributed by atoms with Gasteiger partial charge in [0.25, 0.3) is 0 Å². The highest BCUT2D eigenvalue weighted by atomic mass is 79.9. The van der Waals surface area contributed by atoms with Gasteiger partial charge in [-0.05, 0) is 46.6 Å². The van der Waals surface area contributed by atoms with Crippen molar-refractivity contribution in [1.29, 1.82) is 0 Å². The van der Waals surface area contributed by atoms with Crippen LogP contribution in [0.25, 0.3) is 0 Å². The third-order valence-electron chi connectivity index (χ3n) is 2.39. The number of rotatable bonds is 4. The molecular weight excluding hydrogens is 298 g/mol. The van der Waals surface area contributed by atoms with Gasteiger partial charge in [0.2, 0.25) is 0 Å². The molecule has 2 nitrogen and oxygen atoms in total. The zero-order chi connectivity index (χ0) is 12.3. The predicted molar refractivity (Wildman–Crippen MR) is 75.4 cm³/mol. The standard InChI is InChI=1S/C13H14BrNOS/c1-9(15)10-3-2-4-12(5-10)16-7-13-6-11(14)8-17-13/h2-6,8-9H,7,15H2,1H3/t9-/m1/s1. The minimum atomic E-state index is 0.0365. The summed E-state index contributed by atoms with van der Waals surface area (Å²) < 4.78 is 6.83. The Balaban J connectivity index is 2.01. The Labute approximate surface area is 114 Å². The number of benzene rings is 1. The molecule has 0 saturated heterocycles. The Bertz CT molecular complexity index is 496. The number of thiophene rings is 1. The molecule has 1 aromatic heterocycles. The Morgan fingerprint density at radius 3 is 2.88 bits per heavy atom. The molecule has 0 aliphatic rings. The van der Waals surface area contributed by atoms with E-state index in [2.05, 4.69) is 27.4 Å². The normalized spacial score (nSPS) is 12.4. The van der Waals surface area contributed by atoms with Crippen molar-refractivity contribution in [2.45, 2.75) is 19.6 Å². The number of ether oxygens (including phenoxy) is 1.